The van der Waals surface area contributed by atoms with E-state index in [4.69, 9.17) is 23.7 Å². The molecule has 218 valence electrons. The molecule has 0 saturated heterocycles. The highest BCUT2D eigenvalue weighted by atomic mass is 16.6. The van der Waals surface area contributed by atoms with Gasteiger partial charge in [0.15, 0.2) is 0 Å². The van der Waals surface area contributed by atoms with Crippen molar-refractivity contribution >= 4 is 0 Å². The van der Waals surface area contributed by atoms with Gasteiger partial charge >= 0.3 is 0 Å². The fourth-order valence-electron chi connectivity index (χ4n) is 3.75. The van der Waals surface area contributed by atoms with Gasteiger partial charge in [-0.05, 0) is 33.7 Å². The first-order valence-corrected chi connectivity index (χ1v) is 14.9. The quantitative estimate of drug-likeness (QED) is 0.121. The molecule has 2 N–H and O–H groups in total. The van der Waals surface area contributed by atoms with E-state index in [-0.39, 0.29) is 12.2 Å². The molecule has 0 aromatic rings. The third-order valence-electron chi connectivity index (χ3n) is 5.96. The van der Waals surface area contributed by atoms with Gasteiger partial charge in [-0.1, -0.05) is 77.6 Å². The Kier molecular flexibility index (Phi) is 29.1. The van der Waals surface area contributed by atoms with Crippen LogP contribution in [0.15, 0.2) is 0 Å². The average molecular weight is 520 g/mol. The molecule has 0 aliphatic rings. The number of aliphatic hydroxyl groups is 1. The molecule has 0 bridgehead atoms. The number of nitrogens with one attached hydrogen (secondary N) is 1. The highest BCUT2D eigenvalue weighted by Gasteiger charge is 2.08. The first kappa shape index (κ1) is 35.7. The lowest BCUT2D eigenvalue weighted by Crippen LogP contribution is -2.26. The highest BCUT2D eigenvalue weighted by molar-refractivity contribution is 4.54. The zero-order valence-electron chi connectivity index (χ0n) is 24.3. The maximum atomic E-state index is 9.22. The average Bonchev–Trinajstić information content (AvgIpc) is 2.86. The minimum Gasteiger partial charge on any atom is -0.391 e. The van der Waals surface area contributed by atoms with Crippen LogP contribution in [0.1, 0.15) is 105 Å². The van der Waals surface area contributed by atoms with Crippen molar-refractivity contribution < 1.29 is 28.8 Å². The van der Waals surface area contributed by atoms with Crippen molar-refractivity contribution in [3.8, 4) is 0 Å². The largest absolute Gasteiger partial charge is 0.391 e. The molecule has 7 nitrogen and oxygen atoms in total. The summed E-state index contributed by atoms with van der Waals surface area (Å²) in [4.78, 5) is 0. The van der Waals surface area contributed by atoms with E-state index >= 15 is 0 Å². The molecule has 3 atom stereocenters. The third kappa shape index (κ3) is 29.9. The Labute approximate surface area is 223 Å². The van der Waals surface area contributed by atoms with Crippen LogP contribution in [0, 0.1) is 0 Å². The first-order valence-electron chi connectivity index (χ1n) is 14.9. The Morgan fingerprint density at radius 2 is 1.00 bits per heavy atom. The Morgan fingerprint density at radius 1 is 0.528 bits per heavy atom. The predicted octanol–water partition coefficient (Wildman–Crippen LogP) is 5.52. The van der Waals surface area contributed by atoms with Crippen molar-refractivity contribution in [2.75, 3.05) is 65.9 Å². The minimum absolute atomic E-state index is 0.00617. The second-order valence-corrected chi connectivity index (χ2v) is 10.1. The second kappa shape index (κ2) is 29.3. The van der Waals surface area contributed by atoms with E-state index in [9.17, 15) is 5.11 Å². The lowest BCUT2D eigenvalue weighted by Gasteiger charge is -2.18. The summed E-state index contributed by atoms with van der Waals surface area (Å²) in [5, 5.41) is 12.7. The van der Waals surface area contributed by atoms with E-state index in [1.54, 1.807) is 6.92 Å². The molecule has 0 aliphatic heterocycles. The van der Waals surface area contributed by atoms with Crippen LogP contribution in [-0.4, -0.2) is 89.4 Å². The highest BCUT2D eigenvalue weighted by Crippen LogP contribution is 2.11. The van der Waals surface area contributed by atoms with Crippen LogP contribution in [0.4, 0.5) is 0 Å². The summed E-state index contributed by atoms with van der Waals surface area (Å²) in [7, 11) is 0. The lowest BCUT2D eigenvalue weighted by molar-refractivity contribution is -0.0742. The van der Waals surface area contributed by atoms with E-state index in [0.717, 1.165) is 19.7 Å². The molecule has 7 heteroatoms. The van der Waals surface area contributed by atoms with E-state index in [1.165, 1.54) is 77.0 Å². The number of hydrogen-bond donors (Lipinski definition) is 2. The SMILES string of the molecule is CCCCCCCCCCCCCCNCCOCCOCCOCC(C)OCC(C)OCC(C)O. The van der Waals surface area contributed by atoms with E-state index < -0.39 is 6.10 Å². The van der Waals surface area contributed by atoms with Crippen LogP contribution in [0.5, 0.6) is 0 Å². The predicted molar refractivity (Wildman–Crippen MR) is 149 cm³/mol. The fraction of sp³-hybridized carbons (Fsp3) is 1.00. The summed E-state index contributed by atoms with van der Waals surface area (Å²) in [6.45, 7) is 14.3. The Hall–Kier alpha value is -0.280. The first-order chi connectivity index (χ1) is 17.6. The van der Waals surface area contributed by atoms with Gasteiger partial charge in [0.2, 0.25) is 0 Å². The van der Waals surface area contributed by atoms with Gasteiger partial charge in [0.25, 0.3) is 0 Å². The molecule has 0 spiro atoms. The second-order valence-electron chi connectivity index (χ2n) is 10.1. The maximum Gasteiger partial charge on any atom is 0.0781 e. The normalized spacial score (nSPS) is 14.2. The van der Waals surface area contributed by atoms with E-state index in [2.05, 4.69) is 12.2 Å². The van der Waals surface area contributed by atoms with Crippen molar-refractivity contribution in [3.05, 3.63) is 0 Å². The molecular formula is C29H61NO6. The fourth-order valence-corrected chi connectivity index (χ4v) is 3.75. The van der Waals surface area contributed by atoms with Crippen molar-refractivity contribution in [2.45, 2.75) is 123 Å². The molecule has 0 aliphatic carbocycles. The zero-order valence-corrected chi connectivity index (χ0v) is 24.3. The standard InChI is InChI=1S/C29H61NO6/c1-5-6-7-8-9-10-11-12-13-14-15-16-17-30-18-19-32-20-21-33-22-23-34-25-28(3)36-26-29(4)35-24-27(2)31/h27-31H,5-26H2,1-4H3. The third-order valence-corrected chi connectivity index (χ3v) is 5.96. The Bertz CT molecular complexity index is 413. The van der Waals surface area contributed by atoms with Crippen LogP contribution in [0.2, 0.25) is 0 Å². The molecule has 0 fully saturated rings. The van der Waals surface area contributed by atoms with Gasteiger partial charge < -0.3 is 34.1 Å². The zero-order chi connectivity index (χ0) is 26.5. The van der Waals surface area contributed by atoms with Crippen LogP contribution in [0.3, 0.4) is 0 Å². The molecule has 0 aromatic carbocycles. The van der Waals surface area contributed by atoms with Gasteiger partial charge in [-0.2, -0.15) is 0 Å². The number of hydrogen-bond acceptors (Lipinski definition) is 7. The number of aliphatic hydroxyl groups excluding tert-OH is 1. The number of rotatable bonds is 30. The van der Waals surface area contributed by atoms with Crippen LogP contribution in [0.25, 0.3) is 0 Å². The van der Waals surface area contributed by atoms with Crippen LogP contribution >= 0.6 is 0 Å². The van der Waals surface area contributed by atoms with Gasteiger partial charge in [0, 0.05) is 6.54 Å². The van der Waals surface area contributed by atoms with Crippen LogP contribution in [-0.2, 0) is 23.7 Å². The lowest BCUT2D eigenvalue weighted by atomic mass is 10.1. The van der Waals surface area contributed by atoms with Crippen molar-refractivity contribution in [2.24, 2.45) is 0 Å². The summed E-state index contributed by atoms with van der Waals surface area (Å²) < 4.78 is 27.9. The number of ether oxygens (including phenoxy) is 5. The molecule has 3 unspecified atom stereocenters. The van der Waals surface area contributed by atoms with Gasteiger partial charge in [0.1, 0.15) is 0 Å². The van der Waals surface area contributed by atoms with Crippen molar-refractivity contribution in [1.82, 2.24) is 5.32 Å². The van der Waals surface area contributed by atoms with Crippen molar-refractivity contribution in [1.29, 1.82) is 0 Å². The number of unbranched alkanes of at least 4 members (excludes halogenated alkanes) is 11. The Morgan fingerprint density at radius 3 is 1.58 bits per heavy atom. The minimum atomic E-state index is -0.454. The summed E-state index contributed by atoms with van der Waals surface area (Å²) in [5.74, 6) is 0. The Balaban J connectivity index is 3.16. The molecule has 0 heterocycles. The summed E-state index contributed by atoms with van der Waals surface area (Å²) in [5.41, 5.74) is 0. The van der Waals surface area contributed by atoms with Crippen LogP contribution < -0.4 is 5.32 Å². The molecular weight excluding hydrogens is 458 g/mol. The molecule has 0 rings (SSSR count). The molecule has 0 radical (unpaired) electrons. The maximum absolute atomic E-state index is 9.22. The smallest absolute Gasteiger partial charge is 0.0781 e. The van der Waals surface area contributed by atoms with Gasteiger partial charge in [-0.3, -0.25) is 0 Å². The molecule has 0 saturated carbocycles. The van der Waals surface area contributed by atoms with Gasteiger partial charge in [-0.25, -0.2) is 0 Å². The van der Waals surface area contributed by atoms with Gasteiger partial charge in [0.05, 0.1) is 71.2 Å². The van der Waals surface area contributed by atoms with E-state index in [1.807, 2.05) is 13.8 Å². The monoisotopic (exact) mass is 519 g/mol. The topological polar surface area (TPSA) is 78.4 Å². The van der Waals surface area contributed by atoms with E-state index in [0.29, 0.717) is 46.2 Å². The molecule has 0 aromatic heterocycles. The van der Waals surface area contributed by atoms with Crippen molar-refractivity contribution in [3.63, 3.8) is 0 Å². The molecule has 0 amide bonds. The molecule has 36 heavy (non-hydrogen) atoms. The van der Waals surface area contributed by atoms with Gasteiger partial charge in [-0.15, -0.1) is 0 Å². The summed E-state index contributed by atoms with van der Waals surface area (Å²) >= 11 is 0. The summed E-state index contributed by atoms with van der Waals surface area (Å²) in [6.07, 6.45) is 16.2. The summed E-state index contributed by atoms with van der Waals surface area (Å²) in [6, 6.07) is 0.